The van der Waals surface area contributed by atoms with Gasteiger partial charge in [-0.1, -0.05) is 37.6 Å². The molecule has 33 heavy (non-hydrogen) atoms. The number of imidazole rings is 1. The minimum absolute atomic E-state index is 0.203. The van der Waals surface area contributed by atoms with Crippen LogP contribution in [0.1, 0.15) is 43.7 Å². The van der Waals surface area contributed by atoms with Gasteiger partial charge in [0.2, 0.25) is 0 Å². The molecular formula is C24H35N7O2. The highest BCUT2D eigenvalue weighted by atomic mass is 16.5. The summed E-state index contributed by atoms with van der Waals surface area (Å²) in [7, 11) is 4.33. The highest BCUT2D eigenvalue weighted by Gasteiger charge is 2.20. The van der Waals surface area contributed by atoms with Crippen LogP contribution in [0.3, 0.4) is 0 Å². The molecular weight excluding hydrogens is 418 g/mol. The monoisotopic (exact) mass is 453 g/mol. The molecule has 0 unspecified atom stereocenters. The number of hydrogen-bond acceptors (Lipinski definition) is 7. The molecule has 1 fully saturated rings. The average molecular weight is 454 g/mol. The molecule has 0 spiro atoms. The van der Waals surface area contributed by atoms with Crippen LogP contribution < -0.4 is 16.2 Å². The molecule has 1 aliphatic heterocycles. The summed E-state index contributed by atoms with van der Waals surface area (Å²) in [5.41, 5.74) is 9.01. The molecule has 2 aromatic heterocycles. The molecule has 0 bridgehead atoms. The molecule has 0 saturated carbocycles. The van der Waals surface area contributed by atoms with Gasteiger partial charge in [0.1, 0.15) is 5.52 Å². The van der Waals surface area contributed by atoms with E-state index in [1.165, 1.54) is 18.4 Å². The minimum Gasteiger partial charge on any atom is -0.463 e. The fourth-order valence-electron chi connectivity index (χ4n) is 4.33. The fourth-order valence-corrected chi connectivity index (χ4v) is 4.33. The van der Waals surface area contributed by atoms with Crippen LogP contribution in [0.5, 0.6) is 6.01 Å². The van der Waals surface area contributed by atoms with Gasteiger partial charge in [-0.2, -0.15) is 9.97 Å². The molecule has 3 aromatic rings. The van der Waals surface area contributed by atoms with E-state index in [1.807, 2.05) is 0 Å². The van der Waals surface area contributed by atoms with E-state index in [1.54, 1.807) is 4.57 Å². The normalized spacial score (nSPS) is 15.5. The highest BCUT2D eigenvalue weighted by molar-refractivity contribution is 5.81. The molecule has 4 rings (SSSR count). The van der Waals surface area contributed by atoms with E-state index in [0.29, 0.717) is 30.4 Å². The van der Waals surface area contributed by atoms with Crippen molar-refractivity contribution in [1.29, 1.82) is 0 Å². The molecule has 9 nitrogen and oxygen atoms in total. The van der Waals surface area contributed by atoms with Gasteiger partial charge in [0.15, 0.2) is 11.5 Å². The third-order valence-electron chi connectivity index (χ3n) is 6.42. The Labute approximate surface area is 194 Å². The number of likely N-dealkylation sites (tertiary alicyclic amines) is 1. The van der Waals surface area contributed by atoms with Crippen LogP contribution in [0.15, 0.2) is 29.1 Å². The summed E-state index contributed by atoms with van der Waals surface area (Å²) < 4.78 is 7.20. The van der Waals surface area contributed by atoms with Crippen molar-refractivity contribution in [2.45, 2.75) is 51.7 Å². The van der Waals surface area contributed by atoms with Crippen molar-refractivity contribution >= 4 is 17.0 Å². The number of fused-ring (bicyclic) bond motifs is 1. The summed E-state index contributed by atoms with van der Waals surface area (Å²) >= 11 is 0. The van der Waals surface area contributed by atoms with E-state index in [4.69, 9.17) is 10.5 Å². The molecule has 3 heterocycles. The smallest absolute Gasteiger partial charge is 0.328 e. The zero-order valence-corrected chi connectivity index (χ0v) is 19.9. The maximum atomic E-state index is 12.6. The lowest BCUT2D eigenvalue weighted by atomic mass is 10.0. The van der Waals surface area contributed by atoms with Crippen LogP contribution >= 0.6 is 0 Å². The number of ether oxygens (including phenoxy) is 1. The molecule has 3 N–H and O–H groups in total. The maximum Gasteiger partial charge on any atom is 0.328 e. The van der Waals surface area contributed by atoms with Gasteiger partial charge in [-0.05, 0) is 57.6 Å². The van der Waals surface area contributed by atoms with Crippen LogP contribution in [-0.2, 0) is 13.1 Å². The van der Waals surface area contributed by atoms with Gasteiger partial charge in [-0.3, -0.25) is 9.47 Å². The lowest BCUT2D eigenvalue weighted by Crippen LogP contribution is -2.41. The Kier molecular flexibility index (Phi) is 7.29. The summed E-state index contributed by atoms with van der Waals surface area (Å²) in [4.78, 5) is 28.8. The first-order valence-electron chi connectivity index (χ1n) is 11.8. The van der Waals surface area contributed by atoms with E-state index in [-0.39, 0.29) is 17.5 Å². The number of hydrogen-bond donors (Lipinski definition) is 2. The number of anilines is 1. The van der Waals surface area contributed by atoms with E-state index >= 15 is 0 Å². The number of benzene rings is 1. The van der Waals surface area contributed by atoms with Crippen LogP contribution in [0.25, 0.3) is 11.2 Å². The number of piperidine rings is 1. The molecule has 1 aliphatic rings. The molecule has 0 amide bonds. The molecule has 0 aliphatic carbocycles. The van der Waals surface area contributed by atoms with Gasteiger partial charge in [0.25, 0.3) is 0 Å². The van der Waals surface area contributed by atoms with E-state index in [9.17, 15) is 4.79 Å². The van der Waals surface area contributed by atoms with Gasteiger partial charge >= 0.3 is 11.7 Å². The van der Waals surface area contributed by atoms with E-state index in [2.05, 4.69) is 70.0 Å². The minimum atomic E-state index is -0.260. The largest absolute Gasteiger partial charge is 0.463 e. The van der Waals surface area contributed by atoms with Gasteiger partial charge in [-0.25, -0.2) is 4.79 Å². The number of aromatic nitrogens is 4. The second-order valence-electron chi connectivity index (χ2n) is 9.10. The summed E-state index contributed by atoms with van der Waals surface area (Å²) in [5.74, 6) is 0.218. The first-order chi connectivity index (χ1) is 15.9. The maximum absolute atomic E-state index is 12.6. The number of unbranched alkanes of at least 4 members (excludes halogenated alkanes) is 1. The van der Waals surface area contributed by atoms with Crippen molar-refractivity contribution < 1.29 is 4.74 Å². The number of nitrogens with two attached hydrogens (primary N) is 1. The van der Waals surface area contributed by atoms with Crippen molar-refractivity contribution in [1.82, 2.24) is 29.3 Å². The Bertz CT molecular complexity index is 1110. The second kappa shape index (κ2) is 10.4. The first kappa shape index (κ1) is 23.3. The summed E-state index contributed by atoms with van der Waals surface area (Å²) in [6.45, 7) is 6.21. The SMILES string of the molecule is CCCCOc1nc(N)c2[nH]c(=O)n(Cc3ccc(CN4CCC(N(C)C)CC4)cc3)c2n1. The Balaban J connectivity index is 1.45. The zero-order valence-electron chi connectivity index (χ0n) is 19.9. The van der Waals surface area contributed by atoms with E-state index < -0.39 is 0 Å². The van der Waals surface area contributed by atoms with Crippen molar-refractivity contribution in [2.75, 3.05) is 39.5 Å². The second-order valence-corrected chi connectivity index (χ2v) is 9.10. The first-order valence-corrected chi connectivity index (χ1v) is 11.8. The Morgan fingerprint density at radius 1 is 1.12 bits per heavy atom. The number of nitrogens with zero attached hydrogens (tertiary/aromatic N) is 5. The van der Waals surface area contributed by atoms with Crippen LogP contribution in [0.2, 0.25) is 0 Å². The number of aromatic amines is 1. The van der Waals surface area contributed by atoms with Crippen molar-refractivity contribution in [3.8, 4) is 6.01 Å². The van der Waals surface area contributed by atoms with Crippen molar-refractivity contribution in [2.24, 2.45) is 0 Å². The predicted octanol–water partition coefficient (Wildman–Crippen LogP) is 2.46. The Morgan fingerprint density at radius 2 is 1.79 bits per heavy atom. The van der Waals surface area contributed by atoms with Crippen molar-refractivity contribution in [3.05, 3.63) is 45.9 Å². The molecule has 9 heteroatoms. The average Bonchev–Trinajstić information content (AvgIpc) is 3.11. The van der Waals surface area contributed by atoms with Gasteiger partial charge in [0.05, 0.1) is 13.2 Å². The lowest BCUT2D eigenvalue weighted by molar-refractivity contribution is 0.140. The molecule has 178 valence electrons. The van der Waals surface area contributed by atoms with E-state index in [0.717, 1.165) is 38.0 Å². The molecule has 1 aromatic carbocycles. The predicted molar refractivity (Wildman–Crippen MR) is 130 cm³/mol. The quantitative estimate of drug-likeness (QED) is 0.480. The summed E-state index contributed by atoms with van der Waals surface area (Å²) in [5, 5.41) is 0. The topological polar surface area (TPSA) is 105 Å². The molecule has 0 radical (unpaired) electrons. The zero-order chi connectivity index (χ0) is 23.4. The Morgan fingerprint density at radius 3 is 2.42 bits per heavy atom. The van der Waals surface area contributed by atoms with Gasteiger partial charge < -0.3 is 20.4 Å². The Hall–Kier alpha value is -2.91. The van der Waals surface area contributed by atoms with Gasteiger partial charge in [-0.15, -0.1) is 0 Å². The number of nitrogen functional groups attached to an aromatic ring is 1. The van der Waals surface area contributed by atoms with Gasteiger partial charge in [0, 0.05) is 12.6 Å². The van der Waals surface area contributed by atoms with Crippen LogP contribution in [0, 0.1) is 0 Å². The molecule has 1 saturated heterocycles. The highest BCUT2D eigenvalue weighted by Crippen LogP contribution is 2.20. The summed E-state index contributed by atoms with van der Waals surface area (Å²) in [6.07, 6.45) is 4.34. The summed E-state index contributed by atoms with van der Waals surface area (Å²) in [6, 6.07) is 9.35. The van der Waals surface area contributed by atoms with Crippen LogP contribution in [-0.4, -0.2) is 69.2 Å². The number of nitrogens with one attached hydrogen (secondary N) is 1. The van der Waals surface area contributed by atoms with Crippen molar-refractivity contribution in [3.63, 3.8) is 0 Å². The third kappa shape index (κ3) is 5.54. The fraction of sp³-hybridized carbons (Fsp3) is 0.542. The molecule has 0 atom stereocenters. The number of rotatable bonds is 9. The standard InChI is InChI=1S/C24H35N7O2/c1-4-5-14-33-23-27-21(25)20-22(28-23)31(24(32)26-20)16-18-8-6-17(7-9-18)15-30-12-10-19(11-13-30)29(2)3/h6-9,19H,4-5,10-16H2,1-3H3,(H,26,32)(H2,25,27,28). The lowest BCUT2D eigenvalue weighted by Gasteiger charge is -2.35. The van der Waals surface area contributed by atoms with Crippen LogP contribution in [0.4, 0.5) is 5.82 Å². The number of H-pyrrole nitrogens is 1. The third-order valence-corrected chi connectivity index (χ3v) is 6.42.